The Hall–Kier alpha value is -4.01. The molecule has 4 aromatic rings. The molecule has 3 aromatic heterocycles. The van der Waals surface area contributed by atoms with E-state index in [1.54, 1.807) is 23.3 Å². The number of hydrogen-bond donors (Lipinski definition) is 1. The molecule has 0 saturated heterocycles. The smallest absolute Gasteiger partial charge is 0.260 e. The standard InChI is InChI=1S/C22H21N7O2/c1-28-18(9-10-24-28)15-7-8-19-16(13-15)22(30)26-20-6-4-5-17(25-20)21-27-23-14-29(21)11-2-3-12-31-19/h4-10,13-14H,2-3,11-12H2,1H3,(H,25,26,30). The Labute approximate surface area is 178 Å². The van der Waals surface area contributed by atoms with E-state index in [4.69, 9.17) is 4.74 Å². The second-order valence-corrected chi connectivity index (χ2v) is 7.32. The topological polar surface area (TPSA) is 99.8 Å². The Morgan fingerprint density at radius 3 is 2.94 bits per heavy atom. The maximum absolute atomic E-state index is 13.2. The molecule has 31 heavy (non-hydrogen) atoms. The largest absolute Gasteiger partial charge is 0.493 e. The summed E-state index contributed by atoms with van der Waals surface area (Å²) < 4.78 is 9.72. The Morgan fingerprint density at radius 2 is 2.06 bits per heavy atom. The number of fused-ring (bicyclic) bond motifs is 5. The number of nitrogens with zero attached hydrogens (tertiary/aromatic N) is 6. The van der Waals surface area contributed by atoms with E-state index in [-0.39, 0.29) is 5.91 Å². The summed E-state index contributed by atoms with van der Waals surface area (Å²) in [6, 6.07) is 13.0. The molecule has 0 fully saturated rings. The Balaban J connectivity index is 1.55. The van der Waals surface area contributed by atoms with Gasteiger partial charge in [-0.05, 0) is 49.2 Å². The van der Waals surface area contributed by atoms with Crippen LogP contribution in [0.25, 0.3) is 22.8 Å². The van der Waals surface area contributed by atoms with Gasteiger partial charge >= 0.3 is 0 Å². The van der Waals surface area contributed by atoms with E-state index in [2.05, 4.69) is 25.6 Å². The van der Waals surface area contributed by atoms with Crippen LogP contribution in [0, 0.1) is 0 Å². The number of amides is 1. The maximum atomic E-state index is 13.2. The molecule has 0 saturated carbocycles. The molecule has 0 unspecified atom stereocenters. The lowest BCUT2D eigenvalue weighted by atomic mass is 10.1. The van der Waals surface area contributed by atoms with Gasteiger partial charge in [0.15, 0.2) is 5.82 Å². The first kappa shape index (κ1) is 19.0. The van der Waals surface area contributed by atoms with Crippen molar-refractivity contribution in [2.45, 2.75) is 19.4 Å². The number of benzene rings is 1. The van der Waals surface area contributed by atoms with Crippen LogP contribution in [0.15, 0.2) is 55.0 Å². The van der Waals surface area contributed by atoms with Gasteiger partial charge in [0, 0.05) is 25.4 Å². The van der Waals surface area contributed by atoms with Crippen molar-refractivity contribution in [1.29, 1.82) is 0 Å². The van der Waals surface area contributed by atoms with Gasteiger partial charge in [-0.2, -0.15) is 5.10 Å². The van der Waals surface area contributed by atoms with E-state index in [1.165, 1.54) is 0 Å². The highest BCUT2D eigenvalue weighted by atomic mass is 16.5. The molecule has 1 aromatic carbocycles. The fourth-order valence-corrected chi connectivity index (χ4v) is 3.65. The van der Waals surface area contributed by atoms with Gasteiger partial charge in [0.1, 0.15) is 23.6 Å². The van der Waals surface area contributed by atoms with Crippen LogP contribution in [-0.4, -0.2) is 42.0 Å². The second-order valence-electron chi connectivity index (χ2n) is 7.32. The molecule has 1 N–H and O–H groups in total. The van der Waals surface area contributed by atoms with Crippen LogP contribution in [0.3, 0.4) is 0 Å². The van der Waals surface area contributed by atoms with E-state index >= 15 is 0 Å². The van der Waals surface area contributed by atoms with Gasteiger partial charge in [-0.3, -0.25) is 9.48 Å². The van der Waals surface area contributed by atoms with Gasteiger partial charge in [-0.25, -0.2) is 4.98 Å². The van der Waals surface area contributed by atoms with Crippen molar-refractivity contribution in [2.75, 3.05) is 11.9 Å². The molecular weight excluding hydrogens is 394 g/mol. The Bertz CT molecular complexity index is 1240. The van der Waals surface area contributed by atoms with Crippen molar-refractivity contribution in [3.63, 3.8) is 0 Å². The van der Waals surface area contributed by atoms with Gasteiger partial charge in [0.05, 0.1) is 17.9 Å². The third-order valence-electron chi connectivity index (χ3n) is 5.23. The van der Waals surface area contributed by atoms with Crippen LogP contribution in [0.2, 0.25) is 0 Å². The number of anilines is 1. The number of hydrogen-bond acceptors (Lipinski definition) is 6. The van der Waals surface area contributed by atoms with Crippen molar-refractivity contribution in [1.82, 2.24) is 29.5 Å². The predicted octanol–water partition coefficient (Wildman–Crippen LogP) is 3.17. The zero-order valence-corrected chi connectivity index (χ0v) is 17.0. The van der Waals surface area contributed by atoms with Crippen molar-refractivity contribution >= 4 is 11.7 Å². The first-order valence-corrected chi connectivity index (χ1v) is 10.1. The molecule has 1 aliphatic rings. The zero-order chi connectivity index (χ0) is 21.2. The summed E-state index contributed by atoms with van der Waals surface area (Å²) in [5.41, 5.74) is 2.90. The SMILES string of the molecule is Cn1nccc1-c1ccc2c(c1)C(=O)Nc1cccc(n1)-c1nncn1CCCCO2. The van der Waals surface area contributed by atoms with E-state index < -0.39 is 0 Å². The van der Waals surface area contributed by atoms with E-state index in [1.807, 2.05) is 48.0 Å². The van der Waals surface area contributed by atoms with E-state index in [9.17, 15) is 4.79 Å². The summed E-state index contributed by atoms with van der Waals surface area (Å²) in [6.07, 6.45) is 5.14. The van der Waals surface area contributed by atoms with Gasteiger partial charge < -0.3 is 14.6 Å². The lowest BCUT2D eigenvalue weighted by Crippen LogP contribution is -2.16. The third kappa shape index (κ3) is 3.77. The molecule has 156 valence electrons. The summed E-state index contributed by atoms with van der Waals surface area (Å²) >= 11 is 0. The van der Waals surface area contributed by atoms with E-state index in [0.29, 0.717) is 35.3 Å². The molecule has 1 amide bonds. The highest BCUT2D eigenvalue weighted by Crippen LogP contribution is 2.28. The second kappa shape index (κ2) is 8.02. The molecule has 5 rings (SSSR count). The van der Waals surface area contributed by atoms with Crippen molar-refractivity contribution in [3.8, 4) is 28.5 Å². The first-order valence-electron chi connectivity index (χ1n) is 10.1. The number of ether oxygens (including phenoxy) is 1. The van der Waals surface area contributed by atoms with Crippen LogP contribution in [-0.2, 0) is 13.6 Å². The molecule has 9 nitrogen and oxygen atoms in total. The molecule has 0 aliphatic carbocycles. The molecule has 2 bridgehead atoms. The summed E-state index contributed by atoms with van der Waals surface area (Å²) in [6.45, 7) is 1.27. The van der Waals surface area contributed by atoms with Crippen LogP contribution < -0.4 is 10.1 Å². The molecule has 1 aliphatic heterocycles. The number of aromatic nitrogens is 6. The minimum absolute atomic E-state index is 0.290. The molecular formula is C22H21N7O2. The number of carbonyl (C=O) groups excluding carboxylic acids is 1. The Morgan fingerprint density at radius 1 is 1.13 bits per heavy atom. The number of nitrogens with one attached hydrogen (secondary N) is 1. The first-order chi connectivity index (χ1) is 15.2. The van der Waals surface area contributed by atoms with Gasteiger partial charge in [-0.1, -0.05) is 6.07 Å². The molecule has 9 heteroatoms. The van der Waals surface area contributed by atoms with Crippen LogP contribution >= 0.6 is 0 Å². The fourth-order valence-electron chi connectivity index (χ4n) is 3.65. The van der Waals surface area contributed by atoms with Gasteiger partial charge in [-0.15, -0.1) is 10.2 Å². The highest BCUT2D eigenvalue weighted by Gasteiger charge is 2.18. The lowest BCUT2D eigenvalue weighted by Gasteiger charge is -2.15. The number of carbonyl (C=O) groups is 1. The predicted molar refractivity (Wildman–Crippen MR) is 115 cm³/mol. The zero-order valence-electron chi connectivity index (χ0n) is 17.0. The molecule has 4 heterocycles. The van der Waals surface area contributed by atoms with Crippen molar-refractivity contribution < 1.29 is 9.53 Å². The minimum atomic E-state index is -0.290. The van der Waals surface area contributed by atoms with Crippen LogP contribution in [0.4, 0.5) is 5.82 Å². The summed E-state index contributed by atoms with van der Waals surface area (Å²) in [7, 11) is 1.87. The number of rotatable bonds is 1. The number of pyridine rings is 1. The van der Waals surface area contributed by atoms with Gasteiger partial charge in [0.25, 0.3) is 5.91 Å². The maximum Gasteiger partial charge on any atom is 0.260 e. The summed E-state index contributed by atoms with van der Waals surface area (Å²) in [5, 5.41) is 15.3. The molecule has 0 spiro atoms. The Kier molecular flexibility index (Phi) is 4.91. The average Bonchev–Trinajstić information content (AvgIpc) is 3.42. The van der Waals surface area contributed by atoms with Crippen LogP contribution in [0.1, 0.15) is 23.2 Å². The monoisotopic (exact) mass is 415 g/mol. The normalized spacial score (nSPS) is 14.0. The average molecular weight is 415 g/mol. The number of aryl methyl sites for hydroxylation is 2. The van der Waals surface area contributed by atoms with E-state index in [0.717, 1.165) is 30.6 Å². The molecule has 0 radical (unpaired) electrons. The van der Waals surface area contributed by atoms with Crippen molar-refractivity contribution in [2.24, 2.45) is 7.05 Å². The molecule has 0 atom stereocenters. The minimum Gasteiger partial charge on any atom is -0.493 e. The summed E-state index contributed by atoms with van der Waals surface area (Å²) in [5.74, 6) is 1.36. The van der Waals surface area contributed by atoms with Crippen molar-refractivity contribution in [3.05, 3.63) is 60.6 Å². The quantitative estimate of drug-likeness (QED) is 0.513. The fraction of sp³-hybridized carbons (Fsp3) is 0.227. The third-order valence-corrected chi connectivity index (χ3v) is 5.23. The van der Waals surface area contributed by atoms with Gasteiger partial charge in [0.2, 0.25) is 0 Å². The summed E-state index contributed by atoms with van der Waals surface area (Å²) in [4.78, 5) is 17.8. The highest BCUT2D eigenvalue weighted by molar-refractivity contribution is 6.06. The lowest BCUT2D eigenvalue weighted by molar-refractivity contribution is 0.102. The van der Waals surface area contributed by atoms with Crippen LogP contribution in [0.5, 0.6) is 5.75 Å².